The fourth-order valence-corrected chi connectivity index (χ4v) is 4.07. The van der Waals surface area contributed by atoms with Gasteiger partial charge in [0.2, 0.25) is 10.0 Å². The first-order chi connectivity index (χ1) is 10.0. The van der Waals surface area contributed by atoms with Crippen molar-refractivity contribution in [2.75, 3.05) is 13.1 Å². The molecule has 0 radical (unpaired) electrons. The van der Waals surface area contributed by atoms with Crippen LogP contribution in [0.25, 0.3) is 0 Å². The van der Waals surface area contributed by atoms with Crippen LogP contribution >= 0.6 is 0 Å². The van der Waals surface area contributed by atoms with Crippen LogP contribution in [0.15, 0.2) is 29.2 Å². The van der Waals surface area contributed by atoms with Crippen molar-refractivity contribution < 1.29 is 8.42 Å². The van der Waals surface area contributed by atoms with Gasteiger partial charge in [0.15, 0.2) is 0 Å². The summed E-state index contributed by atoms with van der Waals surface area (Å²) in [6.07, 6.45) is 4.73. The molecule has 0 saturated heterocycles. The molecule has 0 amide bonds. The molecule has 0 aromatic heterocycles. The molecule has 118 valence electrons. The predicted molar refractivity (Wildman–Crippen MR) is 85.7 cm³/mol. The van der Waals surface area contributed by atoms with Crippen molar-refractivity contribution in [2.45, 2.75) is 50.5 Å². The lowest BCUT2D eigenvalue weighted by molar-refractivity contribution is 0.519. The molecule has 1 aromatic rings. The van der Waals surface area contributed by atoms with Crippen LogP contribution in [-0.4, -0.2) is 21.5 Å². The normalized spacial score (nSPS) is 18.0. The molecular formula is C16H26N2O2S. The summed E-state index contributed by atoms with van der Waals surface area (Å²) in [5.41, 5.74) is 1.00. The van der Waals surface area contributed by atoms with Crippen molar-refractivity contribution in [3.8, 4) is 0 Å². The number of benzene rings is 1. The van der Waals surface area contributed by atoms with Crippen LogP contribution in [0, 0.1) is 5.92 Å². The standard InChI is InChI=1S/C16H26N2O2S/c1-3-17-13(2)15-9-6-10-16(11-15)21(19,20)18-12-14-7-4-5-8-14/h6,9-11,13-14,17-18H,3-5,7-8,12H2,1-2H3. The van der Waals surface area contributed by atoms with Crippen molar-refractivity contribution in [3.63, 3.8) is 0 Å². The second-order valence-electron chi connectivity index (χ2n) is 5.85. The zero-order valence-corrected chi connectivity index (χ0v) is 13.7. The fraction of sp³-hybridized carbons (Fsp3) is 0.625. The second kappa shape index (κ2) is 7.38. The number of rotatable bonds is 7. The molecule has 2 rings (SSSR count). The van der Waals surface area contributed by atoms with Gasteiger partial charge in [0.05, 0.1) is 4.90 Å². The largest absolute Gasteiger partial charge is 0.310 e. The predicted octanol–water partition coefficient (Wildman–Crippen LogP) is 2.83. The summed E-state index contributed by atoms with van der Waals surface area (Å²) < 4.78 is 27.5. The van der Waals surface area contributed by atoms with E-state index in [0.29, 0.717) is 17.4 Å². The van der Waals surface area contributed by atoms with Crippen molar-refractivity contribution in [2.24, 2.45) is 5.92 Å². The molecule has 0 bridgehead atoms. The molecule has 2 N–H and O–H groups in total. The average Bonchev–Trinajstić information content (AvgIpc) is 2.99. The van der Waals surface area contributed by atoms with Gasteiger partial charge in [-0.3, -0.25) is 0 Å². The van der Waals surface area contributed by atoms with Gasteiger partial charge in [0.1, 0.15) is 0 Å². The first-order valence-electron chi connectivity index (χ1n) is 7.86. The number of nitrogens with one attached hydrogen (secondary N) is 2. The molecule has 0 spiro atoms. The first kappa shape index (κ1) is 16.5. The lowest BCUT2D eigenvalue weighted by Crippen LogP contribution is -2.28. The SMILES string of the molecule is CCNC(C)c1cccc(S(=O)(=O)NCC2CCCC2)c1. The van der Waals surface area contributed by atoms with Gasteiger partial charge < -0.3 is 5.32 Å². The fourth-order valence-electron chi connectivity index (χ4n) is 2.90. The van der Waals surface area contributed by atoms with E-state index in [4.69, 9.17) is 0 Å². The molecular weight excluding hydrogens is 284 g/mol. The summed E-state index contributed by atoms with van der Waals surface area (Å²) in [4.78, 5) is 0.364. The quantitative estimate of drug-likeness (QED) is 0.814. The average molecular weight is 310 g/mol. The Morgan fingerprint density at radius 3 is 2.67 bits per heavy atom. The van der Waals surface area contributed by atoms with Crippen LogP contribution < -0.4 is 10.0 Å². The molecule has 5 heteroatoms. The summed E-state index contributed by atoms with van der Waals surface area (Å²) in [5, 5.41) is 3.30. The maximum absolute atomic E-state index is 12.4. The molecule has 1 aliphatic rings. The molecule has 1 atom stereocenters. The number of hydrogen-bond acceptors (Lipinski definition) is 3. The molecule has 1 aromatic carbocycles. The molecule has 1 saturated carbocycles. The summed E-state index contributed by atoms with van der Waals surface area (Å²) in [6.45, 7) is 5.51. The molecule has 4 nitrogen and oxygen atoms in total. The highest BCUT2D eigenvalue weighted by Gasteiger charge is 2.20. The zero-order valence-electron chi connectivity index (χ0n) is 12.9. The Morgan fingerprint density at radius 2 is 2.00 bits per heavy atom. The van der Waals surface area contributed by atoms with E-state index < -0.39 is 10.0 Å². The number of sulfonamides is 1. The first-order valence-corrected chi connectivity index (χ1v) is 9.34. The lowest BCUT2D eigenvalue weighted by atomic mass is 10.1. The van der Waals surface area contributed by atoms with Crippen LogP contribution in [0.4, 0.5) is 0 Å². The Balaban J connectivity index is 2.06. The van der Waals surface area contributed by atoms with Crippen LogP contribution in [0.5, 0.6) is 0 Å². The van der Waals surface area contributed by atoms with E-state index in [9.17, 15) is 8.42 Å². The zero-order chi connectivity index (χ0) is 15.3. The molecule has 1 unspecified atom stereocenters. The van der Waals surface area contributed by atoms with Gasteiger partial charge in [-0.1, -0.05) is 31.9 Å². The number of hydrogen-bond donors (Lipinski definition) is 2. The summed E-state index contributed by atoms with van der Waals surface area (Å²) in [5.74, 6) is 0.503. The molecule has 1 aliphatic carbocycles. The van der Waals surface area contributed by atoms with Gasteiger partial charge in [-0.2, -0.15) is 0 Å². The van der Waals surface area contributed by atoms with Crippen molar-refractivity contribution in [1.82, 2.24) is 10.0 Å². The molecule has 21 heavy (non-hydrogen) atoms. The summed E-state index contributed by atoms with van der Waals surface area (Å²) in [6, 6.07) is 7.36. The highest BCUT2D eigenvalue weighted by Crippen LogP contribution is 2.24. The van der Waals surface area contributed by atoms with E-state index >= 15 is 0 Å². The van der Waals surface area contributed by atoms with E-state index in [0.717, 1.165) is 24.9 Å². The maximum Gasteiger partial charge on any atom is 0.240 e. The molecule has 1 fully saturated rings. The van der Waals surface area contributed by atoms with E-state index in [1.807, 2.05) is 26.0 Å². The lowest BCUT2D eigenvalue weighted by Gasteiger charge is -2.15. The third kappa shape index (κ3) is 4.53. The van der Waals surface area contributed by atoms with Gasteiger partial charge in [-0.15, -0.1) is 0 Å². The second-order valence-corrected chi connectivity index (χ2v) is 7.62. The van der Waals surface area contributed by atoms with Gasteiger partial charge in [0, 0.05) is 12.6 Å². The van der Waals surface area contributed by atoms with Crippen LogP contribution in [0.2, 0.25) is 0 Å². The van der Waals surface area contributed by atoms with Gasteiger partial charge >= 0.3 is 0 Å². The van der Waals surface area contributed by atoms with Crippen molar-refractivity contribution >= 4 is 10.0 Å². The Labute approximate surface area is 128 Å². The van der Waals surface area contributed by atoms with E-state index in [1.165, 1.54) is 12.8 Å². The Morgan fingerprint density at radius 1 is 1.29 bits per heavy atom. The maximum atomic E-state index is 12.4. The van der Waals surface area contributed by atoms with E-state index in [1.54, 1.807) is 12.1 Å². The third-order valence-electron chi connectivity index (χ3n) is 4.22. The van der Waals surface area contributed by atoms with Gasteiger partial charge in [-0.25, -0.2) is 13.1 Å². The third-order valence-corrected chi connectivity index (χ3v) is 5.64. The summed E-state index contributed by atoms with van der Waals surface area (Å²) in [7, 11) is -3.40. The molecule has 0 heterocycles. The minimum Gasteiger partial charge on any atom is -0.310 e. The Kier molecular flexibility index (Phi) is 5.79. The van der Waals surface area contributed by atoms with Crippen LogP contribution in [0.3, 0.4) is 0 Å². The topological polar surface area (TPSA) is 58.2 Å². The Hall–Kier alpha value is -0.910. The minimum atomic E-state index is -3.40. The smallest absolute Gasteiger partial charge is 0.240 e. The van der Waals surface area contributed by atoms with E-state index in [2.05, 4.69) is 10.0 Å². The van der Waals surface area contributed by atoms with Crippen molar-refractivity contribution in [3.05, 3.63) is 29.8 Å². The van der Waals surface area contributed by atoms with Crippen molar-refractivity contribution in [1.29, 1.82) is 0 Å². The highest BCUT2D eigenvalue weighted by molar-refractivity contribution is 7.89. The van der Waals surface area contributed by atoms with Gasteiger partial charge in [0.25, 0.3) is 0 Å². The monoisotopic (exact) mass is 310 g/mol. The van der Waals surface area contributed by atoms with E-state index in [-0.39, 0.29) is 6.04 Å². The Bertz CT molecular complexity index is 551. The van der Waals surface area contributed by atoms with Crippen LogP contribution in [-0.2, 0) is 10.0 Å². The molecule has 0 aliphatic heterocycles. The minimum absolute atomic E-state index is 0.153. The van der Waals surface area contributed by atoms with Gasteiger partial charge in [-0.05, 0) is 49.9 Å². The van der Waals surface area contributed by atoms with Crippen LogP contribution in [0.1, 0.15) is 51.1 Å². The highest BCUT2D eigenvalue weighted by atomic mass is 32.2. The summed E-state index contributed by atoms with van der Waals surface area (Å²) >= 11 is 0.